The zero-order valence-electron chi connectivity index (χ0n) is 11.4. The summed E-state index contributed by atoms with van der Waals surface area (Å²) in [6.45, 7) is 17.6. The van der Waals surface area contributed by atoms with Gasteiger partial charge in [0, 0.05) is 11.4 Å². The summed E-state index contributed by atoms with van der Waals surface area (Å²) in [6, 6.07) is 2.00. The molecule has 18 heavy (non-hydrogen) atoms. The minimum Gasteiger partial charge on any atom is -0.358 e. The summed E-state index contributed by atoms with van der Waals surface area (Å²) in [5.41, 5.74) is 5.44. The maximum absolute atomic E-state index is 4.34. The number of aromatic nitrogens is 1. The fourth-order valence-corrected chi connectivity index (χ4v) is 1.29. The molecular weight excluding hydrogens is 222 g/mol. The van der Waals surface area contributed by atoms with Gasteiger partial charge in [0.25, 0.3) is 0 Å². The van der Waals surface area contributed by atoms with Crippen LogP contribution in [0.1, 0.15) is 26.0 Å². The Bertz CT molecular complexity index is 487. The van der Waals surface area contributed by atoms with Crippen LogP contribution < -0.4 is 10.6 Å². The summed E-state index contributed by atoms with van der Waals surface area (Å²) in [5, 5.41) is 6.43. The van der Waals surface area contributed by atoms with E-state index in [9.17, 15) is 0 Å². The van der Waals surface area contributed by atoms with Gasteiger partial charge in [-0.25, -0.2) is 0 Å². The Hall–Kier alpha value is -2.03. The molecule has 0 aliphatic carbocycles. The van der Waals surface area contributed by atoms with Crippen LogP contribution >= 0.6 is 0 Å². The van der Waals surface area contributed by atoms with Crippen molar-refractivity contribution < 1.29 is 0 Å². The molecule has 0 atom stereocenters. The second-order valence-corrected chi connectivity index (χ2v) is 4.32. The van der Waals surface area contributed by atoms with Crippen LogP contribution in [-0.2, 0) is 0 Å². The van der Waals surface area contributed by atoms with Gasteiger partial charge in [-0.05, 0) is 31.9 Å². The van der Waals surface area contributed by atoms with Crippen LogP contribution in [0.25, 0.3) is 0 Å². The van der Waals surface area contributed by atoms with Gasteiger partial charge in [0.15, 0.2) is 0 Å². The molecular formula is C15H21N3. The Balaban J connectivity index is 2.91. The van der Waals surface area contributed by atoms with Crippen molar-refractivity contribution >= 4 is 11.4 Å². The summed E-state index contributed by atoms with van der Waals surface area (Å²) in [5.74, 6) is 0. The fourth-order valence-electron chi connectivity index (χ4n) is 1.29. The van der Waals surface area contributed by atoms with Crippen molar-refractivity contribution in [2.45, 2.75) is 27.2 Å². The molecule has 0 unspecified atom stereocenters. The highest BCUT2D eigenvalue weighted by Crippen LogP contribution is 2.21. The topological polar surface area (TPSA) is 37.0 Å². The summed E-state index contributed by atoms with van der Waals surface area (Å²) in [7, 11) is 0. The highest BCUT2D eigenvalue weighted by Gasteiger charge is 2.04. The molecule has 0 amide bonds. The molecule has 0 bridgehead atoms. The predicted molar refractivity (Wildman–Crippen MR) is 79.6 cm³/mol. The summed E-state index contributed by atoms with van der Waals surface area (Å²) < 4.78 is 0. The van der Waals surface area contributed by atoms with Crippen LogP contribution in [0.4, 0.5) is 11.4 Å². The van der Waals surface area contributed by atoms with Gasteiger partial charge in [-0.15, -0.1) is 0 Å². The first-order valence-corrected chi connectivity index (χ1v) is 5.97. The quantitative estimate of drug-likeness (QED) is 0.734. The van der Waals surface area contributed by atoms with Crippen molar-refractivity contribution in [3.05, 3.63) is 54.7 Å². The molecule has 0 aliphatic heterocycles. The second kappa shape index (κ2) is 6.05. The molecule has 0 aliphatic rings. The summed E-state index contributed by atoms with van der Waals surface area (Å²) in [6.07, 6.45) is 2.68. The molecule has 0 spiro atoms. The van der Waals surface area contributed by atoms with Crippen LogP contribution in [0.2, 0.25) is 0 Å². The molecule has 0 saturated heterocycles. The van der Waals surface area contributed by atoms with Gasteiger partial charge in [0.2, 0.25) is 0 Å². The maximum Gasteiger partial charge on any atom is 0.0621 e. The van der Waals surface area contributed by atoms with Crippen molar-refractivity contribution in [1.82, 2.24) is 4.98 Å². The Morgan fingerprint density at radius 1 is 1.28 bits per heavy atom. The highest BCUT2D eigenvalue weighted by atomic mass is 14.9. The van der Waals surface area contributed by atoms with E-state index in [2.05, 4.69) is 42.3 Å². The zero-order chi connectivity index (χ0) is 13.7. The number of aryl methyl sites for hydroxylation is 1. The molecule has 0 radical (unpaired) electrons. The summed E-state index contributed by atoms with van der Waals surface area (Å²) in [4.78, 5) is 4.34. The van der Waals surface area contributed by atoms with E-state index < -0.39 is 0 Å². The monoisotopic (exact) mass is 243 g/mol. The Morgan fingerprint density at radius 3 is 2.50 bits per heavy atom. The average molecular weight is 243 g/mol. The summed E-state index contributed by atoms with van der Waals surface area (Å²) >= 11 is 0. The largest absolute Gasteiger partial charge is 0.358 e. The van der Waals surface area contributed by atoms with Gasteiger partial charge in [0.1, 0.15) is 0 Å². The third-order valence-electron chi connectivity index (χ3n) is 2.64. The van der Waals surface area contributed by atoms with E-state index in [0.717, 1.165) is 40.5 Å². The lowest BCUT2D eigenvalue weighted by molar-refractivity contribution is 1.10. The van der Waals surface area contributed by atoms with E-state index >= 15 is 0 Å². The SMILES string of the molecule is C=C(CC)Nc1cnc(C)c(NC(=C)C(=C)C)c1. The van der Waals surface area contributed by atoms with Crippen molar-refractivity contribution in [2.75, 3.05) is 10.6 Å². The normalized spacial score (nSPS) is 9.72. The van der Waals surface area contributed by atoms with Crippen LogP contribution in [0.15, 0.2) is 49.0 Å². The van der Waals surface area contributed by atoms with Gasteiger partial charge < -0.3 is 10.6 Å². The van der Waals surface area contributed by atoms with Crippen LogP contribution in [-0.4, -0.2) is 4.98 Å². The molecule has 3 heteroatoms. The Kier molecular flexibility index (Phi) is 4.72. The van der Waals surface area contributed by atoms with Crippen molar-refractivity contribution in [3.63, 3.8) is 0 Å². The highest BCUT2D eigenvalue weighted by molar-refractivity contribution is 5.62. The number of anilines is 2. The number of pyridine rings is 1. The number of hydrogen-bond donors (Lipinski definition) is 2. The van der Waals surface area contributed by atoms with Crippen LogP contribution in [0.3, 0.4) is 0 Å². The van der Waals surface area contributed by atoms with Gasteiger partial charge in [-0.1, -0.05) is 26.7 Å². The first-order chi connectivity index (χ1) is 8.43. The van der Waals surface area contributed by atoms with E-state index in [0.29, 0.717) is 0 Å². The van der Waals surface area contributed by atoms with Gasteiger partial charge in [-0.2, -0.15) is 0 Å². The fraction of sp³-hybridized carbons (Fsp3) is 0.267. The van der Waals surface area contributed by atoms with Crippen LogP contribution in [0, 0.1) is 6.92 Å². The Morgan fingerprint density at radius 2 is 1.94 bits per heavy atom. The van der Waals surface area contributed by atoms with Crippen molar-refractivity contribution in [2.24, 2.45) is 0 Å². The first kappa shape index (κ1) is 14.0. The molecule has 1 aromatic heterocycles. The maximum atomic E-state index is 4.34. The number of rotatable bonds is 6. The number of allylic oxidation sites excluding steroid dienone is 2. The van der Waals surface area contributed by atoms with E-state index in [1.54, 1.807) is 6.20 Å². The predicted octanol–water partition coefficient (Wildman–Crippen LogP) is 4.23. The molecule has 1 aromatic rings. The molecule has 1 rings (SSSR count). The van der Waals surface area contributed by atoms with Crippen molar-refractivity contribution in [3.8, 4) is 0 Å². The molecule has 3 nitrogen and oxygen atoms in total. The third kappa shape index (κ3) is 3.77. The van der Waals surface area contributed by atoms with E-state index in [1.165, 1.54) is 0 Å². The lowest BCUT2D eigenvalue weighted by Crippen LogP contribution is -2.04. The van der Waals surface area contributed by atoms with E-state index in [4.69, 9.17) is 0 Å². The standard InChI is InChI=1S/C15H21N3/c1-7-11(4)17-14-8-15(13(6)16-9-14)18-12(5)10(2)3/h8-9,17-18H,2,4-5,7H2,1,3,6H3. The minimum atomic E-state index is 0.798. The lowest BCUT2D eigenvalue weighted by atomic mass is 10.2. The average Bonchev–Trinajstić information content (AvgIpc) is 2.33. The first-order valence-electron chi connectivity index (χ1n) is 5.97. The van der Waals surface area contributed by atoms with E-state index in [-0.39, 0.29) is 0 Å². The van der Waals surface area contributed by atoms with Gasteiger partial charge >= 0.3 is 0 Å². The third-order valence-corrected chi connectivity index (χ3v) is 2.64. The molecule has 0 fully saturated rings. The molecule has 1 heterocycles. The lowest BCUT2D eigenvalue weighted by Gasteiger charge is -2.14. The molecule has 2 N–H and O–H groups in total. The second-order valence-electron chi connectivity index (χ2n) is 4.32. The van der Waals surface area contributed by atoms with E-state index in [1.807, 2.05) is 19.9 Å². The molecule has 0 saturated carbocycles. The number of hydrogen-bond acceptors (Lipinski definition) is 3. The Labute approximate surface area is 109 Å². The number of nitrogens with zero attached hydrogens (tertiary/aromatic N) is 1. The zero-order valence-corrected chi connectivity index (χ0v) is 11.4. The number of nitrogens with one attached hydrogen (secondary N) is 2. The smallest absolute Gasteiger partial charge is 0.0621 e. The van der Waals surface area contributed by atoms with Crippen LogP contribution in [0.5, 0.6) is 0 Å². The molecule has 0 aromatic carbocycles. The van der Waals surface area contributed by atoms with Gasteiger partial charge in [-0.3, -0.25) is 4.98 Å². The van der Waals surface area contributed by atoms with Crippen molar-refractivity contribution in [1.29, 1.82) is 0 Å². The molecule has 96 valence electrons. The van der Waals surface area contributed by atoms with Gasteiger partial charge in [0.05, 0.1) is 23.3 Å². The minimum absolute atomic E-state index is 0.798.